The molecule has 0 radical (unpaired) electrons. The summed E-state index contributed by atoms with van der Waals surface area (Å²) in [7, 11) is 3.31. The number of aromatic nitrogens is 2. The second kappa shape index (κ2) is 9.90. The lowest BCUT2D eigenvalue weighted by Crippen LogP contribution is -2.28. The number of hydrogen-bond donors (Lipinski definition) is 1. The molecule has 1 N–H and O–H groups in total. The molecule has 0 saturated carbocycles. The molecule has 0 saturated heterocycles. The summed E-state index contributed by atoms with van der Waals surface area (Å²) < 4.78 is 28.4. The van der Waals surface area contributed by atoms with E-state index in [4.69, 9.17) is 14.6 Å². The van der Waals surface area contributed by atoms with Crippen LogP contribution >= 0.6 is 15.9 Å². The summed E-state index contributed by atoms with van der Waals surface area (Å²) in [6.45, 7) is 1.43. The van der Waals surface area contributed by atoms with Crippen LogP contribution in [0.3, 0.4) is 0 Å². The highest BCUT2D eigenvalue weighted by atomic mass is 79.9. The van der Waals surface area contributed by atoms with Crippen molar-refractivity contribution in [1.82, 2.24) is 14.7 Å². The minimum Gasteiger partial charge on any atom is -0.493 e. The van der Waals surface area contributed by atoms with E-state index in [1.807, 2.05) is 25.2 Å². The number of fused-ring (bicyclic) bond motifs is 1. The number of hydrogen-bond acceptors (Lipinski definition) is 4. The highest BCUT2D eigenvalue weighted by molar-refractivity contribution is 9.10. The predicted molar refractivity (Wildman–Crippen MR) is 115 cm³/mol. The zero-order valence-electron chi connectivity index (χ0n) is 16.8. The maximum absolute atomic E-state index is 14.8. The van der Waals surface area contributed by atoms with Crippen LogP contribution in [-0.2, 0) is 11.8 Å². The first kappa shape index (κ1) is 22.0. The van der Waals surface area contributed by atoms with E-state index in [1.54, 1.807) is 16.8 Å². The van der Waals surface area contributed by atoms with Gasteiger partial charge in [-0.1, -0.05) is 15.9 Å². The van der Waals surface area contributed by atoms with Crippen LogP contribution in [-0.4, -0.2) is 59.3 Å². The molecular formula is C21H23BrFN3O4. The number of aryl methyl sites for hydroxylation is 1. The molecule has 160 valence electrons. The fraction of sp³-hybridized carbons (Fsp3) is 0.333. The summed E-state index contributed by atoms with van der Waals surface area (Å²) in [5.74, 6) is 0.0354. The Morgan fingerprint density at radius 3 is 2.77 bits per heavy atom. The highest BCUT2D eigenvalue weighted by Gasteiger charge is 2.15. The highest BCUT2D eigenvalue weighted by Crippen LogP contribution is 2.32. The maximum Gasteiger partial charge on any atom is 0.407 e. The van der Waals surface area contributed by atoms with Crippen LogP contribution in [0.5, 0.6) is 5.75 Å². The molecule has 0 aliphatic heterocycles. The first-order chi connectivity index (χ1) is 14.4. The second-order valence-corrected chi connectivity index (χ2v) is 7.71. The molecule has 1 amide bonds. The summed E-state index contributed by atoms with van der Waals surface area (Å²) in [6.07, 6.45) is -0.376. The number of amides is 1. The lowest BCUT2D eigenvalue weighted by Gasteiger charge is -2.12. The summed E-state index contributed by atoms with van der Waals surface area (Å²) in [4.78, 5) is 11.8. The van der Waals surface area contributed by atoms with E-state index in [1.165, 1.54) is 13.1 Å². The third-order valence-electron chi connectivity index (χ3n) is 4.61. The molecule has 1 heterocycles. The Bertz CT molecular complexity index is 1040. The summed E-state index contributed by atoms with van der Waals surface area (Å²) >= 11 is 3.45. The Balaban J connectivity index is 1.54. The van der Waals surface area contributed by atoms with Crippen molar-refractivity contribution in [2.24, 2.45) is 7.05 Å². The SMILES string of the molecule is CN(CCOCCCOc1ccc(-c2nn(C)c3cc(Br)ccc23)c(F)c1)C(=O)O. The first-order valence-corrected chi connectivity index (χ1v) is 10.2. The van der Waals surface area contributed by atoms with Crippen molar-refractivity contribution < 1.29 is 23.8 Å². The van der Waals surface area contributed by atoms with Gasteiger partial charge in [0.2, 0.25) is 0 Å². The van der Waals surface area contributed by atoms with E-state index in [0.717, 1.165) is 20.3 Å². The van der Waals surface area contributed by atoms with Gasteiger partial charge in [-0.2, -0.15) is 5.10 Å². The van der Waals surface area contributed by atoms with Crippen LogP contribution in [0.25, 0.3) is 22.2 Å². The van der Waals surface area contributed by atoms with E-state index in [9.17, 15) is 9.18 Å². The molecule has 3 rings (SSSR count). The van der Waals surface area contributed by atoms with Gasteiger partial charge in [-0.3, -0.25) is 4.68 Å². The van der Waals surface area contributed by atoms with E-state index in [-0.39, 0.29) is 0 Å². The van der Waals surface area contributed by atoms with Crippen LogP contribution < -0.4 is 4.74 Å². The van der Waals surface area contributed by atoms with Crippen LogP contribution in [0.2, 0.25) is 0 Å². The molecule has 1 aromatic heterocycles. The zero-order valence-corrected chi connectivity index (χ0v) is 18.4. The minimum absolute atomic E-state index is 0.308. The molecule has 2 aromatic carbocycles. The van der Waals surface area contributed by atoms with Gasteiger partial charge in [-0.25, -0.2) is 9.18 Å². The molecule has 0 bridgehead atoms. The number of rotatable bonds is 9. The van der Waals surface area contributed by atoms with Crippen LogP contribution in [0, 0.1) is 5.82 Å². The van der Waals surface area contributed by atoms with Gasteiger partial charge in [0.1, 0.15) is 17.3 Å². The molecule has 0 aliphatic carbocycles. The van der Waals surface area contributed by atoms with Crippen molar-refractivity contribution >= 4 is 32.9 Å². The quantitative estimate of drug-likeness (QED) is 0.456. The van der Waals surface area contributed by atoms with Crippen molar-refractivity contribution in [2.75, 3.05) is 33.4 Å². The number of halogens is 2. The number of ether oxygens (including phenoxy) is 2. The van der Waals surface area contributed by atoms with Gasteiger partial charge < -0.3 is 19.5 Å². The van der Waals surface area contributed by atoms with E-state index >= 15 is 0 Å². The van der Waals surface area contributed by atoms with Gasteiger partial charge in [0, 0.05) is 55.2 Å². The fourth-order valence-corrected chi connectivity index (χ4v) is 3.31. The van der Waals surface area contributed by atoms with Gasteiger partial charge >= 0.3 is 6.09 Å². The Labute approximate surface area is 182 Å². The molecule has 0 aliphatic rings. The van der Waals surface area contributed by atoms with Crippen molar-refractivity contribution in [1.29, 1.82) is 0 Å². The largest absolute Gasteiger partial charge is 0.493 e. The lowest BCUT2D eigenvalue weighted by molar-refractivity contribution is 0.0944. The smallest absolute Gasteiger partial charge is 0.407 e. The topological polar surface area (TPSA) is 76.8 Å². The van der Waals surface area contributed by atoms with E-state index in [2.05, 4.69) is 21.0 Å². The molecule has 3 aromatic rings. The normalized spacial score (nSPS) is 11.1. The molecular weight excluding hydrogens is 457 g/mol. The zero-order chi connectivity index (χ0) is 21.7. The third kappa shape index (κ3) is 5.28. The summed E-state index contributed by atoms with van der Waals surface area (Å²) in [5.41, 5.74) is 1.92. The minimum atomic E-state index is -0.987. The molecule has 0 spiro atoms. The Morgan fingerprint density at radius 1 is 1.23 bits per heavy atom. The number of nitrogens with zero attached hydrogens (tertiary/aromatic N) is 3. The Morgan fingerprint density at radius 2 is 2.03 bits per heavy atom. The second-order valence-electron chi connectivity index (χ2n) is 6.79. The van der Waals surface area contributed by atoms with Crippen LogP contribution in [0.15, 0.2) is 40.9 Å². The summed E-state index contributed by atoms with van der Waals surface area (Å²) in [5, 5.41) is 14.1. The molecule has 30 heavy (non-hydrogen) atoms. The number of likely N-dealkylation sites (N-methyl/N-ethyl adjacent to an activating group) is 1. The van der Waals surface area contributed by atoms with Gasteiger partial charge in [0.05, 0.1) is 18.7 Å². The average molecular weight is 480 g/mol. The molecule has 0 fully saturated rings. The fourth-order valence-electron chi connectivity index (χ4n) is 2.96. The van der Waals surface area contributed by atoms with Gasteiger partial charge in [-0.15, -0.1) is 0 Å². The molecule has 0 unspecified atom stereocenters. The van der Waals surface area contributed by atoms with Gasteiger partial charge in [0.15, 0.2) is 0 Å². The first-order valence-electron chi connectivity index (χ1n) is 9.43. The number of carbonyl (C=O) groups is 1. The van der Waals surface area contributed by atoms with Gasteiger partial charge in [0.25, 0.3) is 0 Å². The Hall–Kier alpha value is -2.65. The number of benzene rings is 2. The van der Waals surface area contributed by atoms with E-state index < -0.39 is 11.9 Å². The summed E-state index contributed by atoms with van der Waals surface area (Å²) in [6, 6.07) is 10.5. The van der Waals surface area contributed by atoms with Crippen molar-refractivity contribution in [3.63, 3.8) is 0 Å². The van der Waals surface area contributed by atoms with Crippen molar-refractivity contribution in [3.8, 4) is 17.0 Å². The van der Waals surface area contributed by atoms with E-state index in [0.29, 0.717) is 49.8 Å². The standard InChI is InChI=1S/C21H23BrFN3O4/c1-25(21(27)28)8-11-29-9-3-10-30-15-5-7-16(18(23)13-15)20-17-6-4-14(22)12-19(17)26(2)24-20/h4-7,12-13H,3,8-11H2,1-2H3,(H,27,28). The molecule has 9 heteroatoms. The third-order valence-corrected chi connectivity index (χ3v) is 5.10. The predicted octanol–water partition coefficient (Wildman–Crippen LogP) is 4.54. The maximum atomic E-state index is 14.8. The Kier molecular flexibility index (Phi) is 7.28. The van der Waals surface area contributed by atoms with Gasteiger partial charge in [-0.05, 0) is 30.3 Å². The average Bonchev–Trinajstić information content (AvgIpc) is 3.02. The van der Waals surface area contributed by atoms with Crippen molar-refractivity contribution in [2.45, 2.75) is 6.42 Å². The number of carboxylic acid groups (broad SMARTS) is 1. The van der Waals surface area contributed by atoms with Crippen LogP contribution in [0.1, 0.15) is 6.42 Å². The van der Waals surface area contributed by atoms with Crippen LogP contribution in [0.4, 0.5) is 9.18 Å². The molecule has 7 nitrogen and oxygen atoms in total. The lowest BCUT2D eigenvalue weighted by atomic mass is 10.1. The monoisotopic (exact) mass is 479 g/mol. The molecule has 0 atom stereocenters. The van der Waals surface area contributed by atoms with Crippen molar-refractivity contribution in [3.05, 3.63) is 46.7 Å².